The molecular formula is C9H10N4S. The van der Waals surface area contributed by atoms with Crippen LogP contribution in [0.25, 0.3) is 11.0 Å². The lowest BCUT2D eigenvalue weighted by Crippen LogP contribution is -1.96. The molecule has 0 fully saturated rings. The summed E-state index contributed by atoms with van der Waals surface area (Å²) in [5.74, 6) is 0.501. The molecule has 5 heteroatoms. The first-order chi connectivity index (χ1) is 6.70. The molecular weight excluding hydrogens is 196 g/mol. The fourth-order valence-electron chi connectivity index (χ4n) is 1.27. The number of fused-ring (bicyclic) bond motifs is 1. The first kappa shape index (κ1) is 9.21. The predicted octanol–water partition coefficient (Wildman–Crippen LogP) is 1.64. The van der Waals surface area contributed by atoms with E-state index in [4.69, 9.17) is 5.73 Å². The first-order valence-electron chi connectivity index (χ1n) is 4.14. The van der Waals surface area contributed by atoms with Gasteiger partial charge < -0.3 is 5.73 Å². The van der Waals surface area contributed by atoms with Crippen molar-refractivity contribution < 1.29 is 0 Å². The second kappa shape index (κ2) is 3.42. The highest BCUT2D eigenvalue weighted by Gasteiger charge is 2.03. The van der Waals surface area contributed by atoms with Crippen LogP contribution < -0.4 is 5.73 Å². The molecule has 0 atom stereocenters. The Hall–Kier alpha value is -1.36. The molecule has 0 saturated carbocycles. The lowest BCUT2D eigenvalue weighted by molar-refractivity contribution is 0.991. The van der Waals surface area contributed by atoms with Gasteiger partial charge in [-0.1, -0.05) is 11.8 Å². The summed E-state index contributed by atoms with van der Waals surface area (Å²) in [6, 6.07) is 1.82. The minimum absolute atomic E-state index is 0.501. The molecule has 0 aliphatic carbocycles. The summed E-state index contributed by atoms with van der Waals surface area (Å²) in [5.41, 5.74) is 7.36. The summed E-state index contributed by atoms with van der Waals surface area (Å²) in [6.45, 7) is 1.97. The van der Waals surface area contributed by atoms with E-state index in [1.54, 1.807) is 6.20 Å². The van der Waals surface area contributed by atoms with Crippen LogP contribution in [0.2, 0.25) is 0 Å². The average molecular weight is 206 g/mol. The van der Waals surface area contributed by atoms with Crippen LogP contribution in [-0.4, -0.2) is 21.2 Å². The molecule has 0 bridgehead atoms. The molecule has 0 amide bonds. The number of nitrogen functional groups attached to an aromatic ring is 1. The Morgan fingerprint density at radius 1 is 1.36 bits per heavy atom. The van der Waals surface area contributed by atoms with E-state index in [2.05, 4.69) is 15.0 Å². The molecule has 0 aromatic carbocycles. The lowest BCUT2D eigenvalue weighted by Gasteiger charge is -2.02. The van der Waals surface area contributed by atoms with Gasteiger partial charge in [-0.3, -0.25) is 0 Å². The summed E-state index contributed by atoms with van der Waals surface area (Å²) in [7, 11) is 0. The molecule has 0 unspecified atom stereocenters. The van der Waals surface area contributed by atoms with Crippen molar-refractivity contribution in [1.29, 1.82) is 0 Å². The highest BCUT2D eigenvalue weighted by molar-refractivity contribution is 7.98. The Bertz CT molecular complexity index is 483. The number of hydrogen-bond donors (Lipinski definition) is 1. The van der Waals surface area contributed by atoms with E-state index in [1.165, 1.54) is 11.8 Å². The molecule has 0 radical (unpaired) electrons. The molecule has 4 nitrogen and oxygen atoms in total. The second-order valence-electron chi connectivity index (χ2n) is 2.96. The number of rotatable bonds is 1. The average Bonchev–Trinajstić information content (AvgIpc) is 2.16. The van der Waals surface area contributed by atoms with Gasteiger partial charge in [0, 0.05) is 11.6 Å². The minimum Gasteiger partial charge on any atom is -0.384 e. The van der Waals surface area contributed by atoms with Crippen LogP contribution in [0.5, 0.6) is 0 Å². The molecule has 2 aromatic heterocycles. The normalized spacial score (nSPS) is 10.7. The van der Waals surface area contributed by atoms with Gasteiger partial charge in [-0.2, -0.15) is 0 Å². The maximum absolute atomic E-state index is 5.64. The molecule has 72 valence electrons. The summed E-state index contributed by atoms with van der Waals surface area (Å²) in [6.07, 6.45) is 3.72. The lowest BCUT2D eigenvalue weighted by atomic mass is 10.2. The van der Waals surface area contributed by atoms with E-state index < -0.39 is 0 Å². The standard InChI is InChI=1S/C9H10N4S/c1-5-3-7(10)12-8-6(5)4-11-9(13-8)14-2/h3-4H,1-2H3,(H2,10,11,12,13). The van der Waals surface area contributed by atoms with Crippen molar-refractivity contribution >= 4 is 28.6 Å². The van der Waals surface area contributed by atoms with Gasteiger partial charge in [0.15, 0.2) is 10.8 Å². The Kier molecular flexibility index (Phi) is 2.25. The van der Waals surface area contributed by atoms with Crippen molar-refractivity contribution in [3.63, 3.8) is 0 Å². The number of aryl methyl sites for hydroxylation is 1. The van der Waals surface area contributed by atoms with Gasteiger partial charge >= 0.3 is 0 Å². The van der Waals surface area contributed by atoms with Crippen molar-refractivity contribution in [2.75, 3.05) is 12.0 Å². The van der Waals surface area contributed by atoms with Gasteiger partial charge in [-0.05, 0) is 24.8 Å². The minimum atomic E-state index is 0.501. The van der Waals surface area contributed by atoms with Crippen molar-refractivity contribution in [3.05, 3.63) is 17.8 Å². The zero-order valence-corrected chi connectivity index (χ0v) is 8.80. The van der Waals surface area contributed by atoms with E-state index in [0.717, 1.165) is 16.1 Å². The molecule has 2 aromatic rings. The predicted molar refractivity (Wildman–Crippen MR) is 58.3 cm³/mol. The van der Waals surface area contributed by atoms with Crippen LogP contribution in [0.4, 0.5) is 5.82 Å². The van der Waals surface area contributed by atoms with Gasteiger partial charge in [-0.25, -0.2) is 15.0 Å². The zero-order valence-electron chi connectivity index (χ0n) is 7.98. The molecule has 0 aliphatic heterocycles. The van der Waals surface area contributed by atoms with Crippen molar-refractivity contribution in [3.8, 4) is 0 Å². The number of nitrogens with two attached hydrogens (primary N) is 1. The van der Waals surface area contributed by atoms with Crippen molar-refractivity contribution in [1.82, 2.24) is 15.0 Å². The van der Waals surface area contributed by atoms with Gasteiger partial charge in [-0.15, -0.1) is 0 Å². The number of thioether (sulfide) groups is 1. The van der Waals surface area contributed by atoms with E-state index in [0.29, 0.717) is 11.5 Å². The Morgan fingerprint density at radius 2 is 2.14 bits per heavy atom. The fourth-order valence-corrected chi connectivity index (χ4v) is 1.61. The van der Waals surface area contributed by atoms with Gasteiger partial charge in [0.1, 0.15) is 5.82 Å². The van der Waals surface area contributed by atoms with Gasteiger partial charge in [0.25, 0.3) is 0 Å². The maximum atomic E-state index is 5.64. The number of aromatic nitrogens is 3. The van der Waals surface area contributed by atoms with Gasteiger partial charge in [0.05, 0.1) is 0 Å². The molecule has 0 spiro atoms. The third kappa shape index (κ3) is 1.50. The molecule has 2 N–H and O–H groups in total. The molecule has 2 rings (SSSR count). The van der Waals surface area contributed by atoms with Crippen LogP contribution >= 0.6 is 11.8 Å². The van der Waals surface area contributed by atoms with E-state index in [1.807, 2.05) is 19.2 Å². The SMILES string of the molecule is CSc1ncc2c(C)cc(N)nc2n1. The Morgan fingerprint density at radius 3 is 2.86 bits per heavy atom. The van der Waals surface area contributed by atoms with Crippen LogP contribution in [0.15, 0.2) is 17.4 Å². The van der Waals surface area contributed by atoms with E-state index in [9.17, 15) is 0 Å². The molecule has 14 heavy (non-hydrogen) atoms. The summed E-state index contributed by atoms with van der Waals surface area (Å²) >= 11 is 1.49. The van der Waals surface area contributed by atoms with Crippen LogP contribution in [0, 0.1) is 6.92 Å². The van der Waals surface area contributed by atoms with E-state index >= 15 is 0 Å². The number of hydrogen-bond acceptors (Lipinski definition) is 5. The van der Waals surface area contributed by atoms with E-state index in [-0.39, 0.29) is 0 Å². The first-order valence-corrected chi connectivity index (χ1v) is 5.37. The van der Waals surface area contributed by atoms with Gasteiger partial charge in [0.2, 0.25) is 0 Å². The summed E-state index contributed by atoms with van der Waals surface area (Å²) in [4.78, 5) is 12.6. The highest BCUT2D eigenvalue weighted by atomic mass is 32.2. The topological polar surface area (TPSA) is 64.7 Å². The Balaban J connectivity index is 2.75. The Labute approximate surface area is 86.0 Å². The molecule has 0 saturated heterocycles. The van der Waals surface area contributed by atoms with Crippen molar-refractivity contribution in [2.24, 2.45) is 0 Å². The van der Waals surface area contributed by atoms with Crippen LogP contribution in [0.1, 0.15) is 5.56 Å². The summed E-state index contributed by atoms with van der Waals surface area (Å²) < 4.78 is 0. The summed E-state index contributed by atoms with van der Waals surface area (Å²) in [5, 5.41) is 1.67. The zero-order chi connectivity index (χ0) is 10.1. The highest BCUT2D eigenvalue weighted by Crippen LogP contribution is 2.18. The monoisotopic (exact) mass is 206 g/mol. The molecule has 0 aliphatic rings. The fraction of sp³-hybridized carbons (Fsp3) is 0.222. The third-order valence-corrected chi connectivity index (χ3v) is 2.52. The van der Waals surface area contributed by atoms with Crippen LogP contribution in [-0.2, 0) is 0 Å². The largest absolute Gasteiger partial charge is 0.384 e. The second-order valence-corrected chi connectivity index (χ2v) is 3.73. The maximum Gasteiger partial charge on any atom is 0.189 e. The number of anilines is 1. The third-order valence-electron chi connectivity index (χ3n) is 1.95. The number of nitrogens with zero attached hydrogens (tertiary/aromatic N) is 3. The van der Waals surface area contributed by atoms with Crippen molar-refractivity contribution in [2.45, 2.75) is 12.1 Å². The number of pyridine rings is 1. The smallest absolute Gasteiger partial charge is 0.189 e. The quantitative estimate of drug-likeness (QED) is 0.567. The van der Waals surface area contributed by atoms with Crippen LogP contribution in [0.3, 0.4) is 0 Å². The molecule has 2 heterocycles.